The summed E-state index contributed by atoms with van der Waals surface area (Å²) in [6.07, 6.45) is -1.23. The first kappa shape index (κ1) is 30.2. The smallest absolute Gasteiger partial charge is 0.395 e. The lowest BCUT2D eigenvalue weighted by Crippen LogP contribution is -2.53. The van der Waals surface area contributed by atoms with Crippen LogP contribution in [0.2, 0.25) is 0 Å². The molecule has 3 fully saturated rings. The van der Waals surface area contributed by atoms with E-state index in [-0.39, 0.29) is 43.8 Å². The average Bonchev–Trinajstić information content (AvgIpc) is 3.24. The van der Waals surface area contributed by atoms with Crippen LogP contribution in [0.15, 0.2) is 36.5 Å². The fraction of sp³-hybridized carbons (Fsp3) is 0.567. The Balaban J connectivity index is 1.14. The largest absolute Gasteiger partial charge is 0.492 e. The molecule has 228 valence electrons. The minimum absolute atomic E-state index is 0.0777. The summed E-state index contributed by atoms with van der Waals surface area (Å²) < 4.78 is 61.4. The van der Waals surface area contributed by atoms with Crippen molar-refractivity contribution in [1.29, 1.82) is 0 Å². The Morgan fingerprint density at radius 1 is 1.14 bits per heavy atom. The van der Waals surface area contributed by atoms with Crippen LogP contribution < -0.4 is 4.74 Å². The van der Waals surface area contributed by atoms with Crippen molar-refractivity contribution >= 4 is 11.9 Å². The van der Waals surface area contributed by atoms with Gasteiger partial charge in [0.15, 0.2) is 0 Å². The molecule has 3 heterocycles. The number of carboxylic acids is 1. The van der Waals surface area contributed by atoms with Crippen molar-refractivity contribution in [1.82, 2.24) is 14.8 Å². The fourth-order valence-electron chi connectivity index (χ4n) is 6.27. The molecule has 2 unspecified atom stereocenters. The fourth-order valence-corrected chi connectivity index (χ4v) is 6.27. The van der Waals surface area contributed by atoms with E-state index in [0.717, 1.165) is 23.8 Å². The van der Waals surface area contributed by atoms with Crippen molar-refractivity contribution in [3.63, 3.8) is 0 Å². The average molecular weight is 594 g/mol. The summed E-state index contributed by atoms with van der Waals surface area (Å²) in [6.45, 7) is 2.85. The van der Waals surface area contributed by atoms with Gasteiger partial charge in [-0.15, -0.1) is 0 Å². The minimum Gasteiger partial charge on any atom is -0.492 e. The summed E-state index contributed by atoms with van der Waals surface area (Å²) in [4.78, 5) is 32.0. The number of aliphatic hydroxyl groups is 1. The third-order valence-electron chi connectivity index (χ3n) is 9.19. The monoisotopic (exact) mass is 593 g/mol. The molecule has 0 bridgehead atoms. The first-order valence-electron chi connectivity index (χ1n) is 14.2. The zero-order valence-corrected chi connectivity index (χ0v) is 23.4. The molecule has 1 amide bonds. The quantitative estimate of drug-likeness (QED) is 0.426. The predicted octanol–water partition coefficient (Wildman–Crippen LogP) is 4.76. The molecule has 12 heteroatoms. The maximum Gasteiger partial charge on any atom is 0.395 e. The number of alkyl halides is 3. The molecular formula is C30H35F4N3O5. The number of carboxylic acid groups (broad SMARTS) is 1. The Kier molecular flexibility index (Phi) is 8.23. The van der Waals surface area contributed by atoms with E-state index in [9.17, 15) is 33.0 Å². The van der Waals surface area contributed by atoms with E-state index in [4.69, 9.17) is 4.74 Å². The molecule has 8 nitrogen and oxygen atoms in total. The second kappa shape index (κ2) is 11.4. The van der Waals surface area contributed by atoms with E-state index in [1.807, 2.05) is 4.90 Å². The van der Waals surface area contributed by atoms with Crippen LogP contribution in [-0.4, -0.2) is 87.5 Å². The normalized spacial score (nSPS) is 24.8. The van der Waals surface area contributed by atoms with Crippen LogP contribution in [-0.2, 0) is 4.79 Å². The number of aromatic nitrogens is 1. The number of benzene rings is 1. The van der Waals surface area contributed by atoms with Gasteiger partial charge in [0.2, 0.25) is 0 Å². The zero-order valence-electron chi connectivity index (χ0n) is 23.4. The van der Waals surface area contributed by atoms with Crippen molar-refractivity contribution in [2.45, 2.75) is 63.3 Å². The number of rotatable bonds is 8. The number of carbonyl (C=O) groups is 2. The number of β-amino-alcohol motifs (C(OH)–C–C–N with tert-alkyl or cyclic N) is 1. The topological polar surface area (TPSA) is 103 Å². The van der Waals surface area contributed by atoms with Gasteiger partial charge in [0.1, 0.15) is 17.1 Å². The van der Waals surface area contributed by atoms with Gasteiger partial charge >= 0.3 is 12.1 Å². The van der Waals surface area contributed by atoms with Crippen molar-refractivity contribution in [3.8, 4) is 17.0 Å². The number of piperidine rings is 1. The molecule has 2 aliphatic heterocycles. The van der Waals surface area contributed by atoms with Crippen molar-refractivity contribution in [2.75, 3.05) is 32.8 Å². The van der Waals surface area contributed by atoms with Crippen LogP contribution in [0.4, 0.5) is 17.6 Å². The lowest BCUT2D eigenvalue weighted by molar-refractivity contribution is -0.256. The molecule has 3 aliphatic rings. The molecule has 2 saturated heterocycles. The van der Waals surface area contributed by atoms with E-state index in [2.05, 4.69) is 4.98 Å². The maximum absolute atomic E-state index is 15.0. The molecular weight excluding hydrogens is 558 g/mol. The van der Waals surface area contributed by atoms with Crippen LogP contribution in [0.1, 0.15) is 55.8 Å². The molecule has 1 saturated carbocycles. The molecule has 42 heavy (non-hydrogen) atoms. The molecule has 2 N–H and O–H groups in total. The number of halogens is 4. The number of likely N-dealkylation sites (tertiary alicyclic amines) is 2. The van der Waals surface area contributed by atoms with Gasteiger partial charge in [-0.1, -0.05) is 12.5 Å². The Morgan fingerprint density at radius 3 is 2.40 bits per heavy atom. The predicted molar refractivity (Wildman–Crippen MR) is 144 cm³/mol. The van der Waals surface area contributed by atoms with E-state index in [1.165, 1.54) is 25.3 Å². The summed E-state index contributed by atoms with van der Waals surface area (Å²) in [7, 11) is 0. The standard InChI is InChI=1S/C30H35F4N3O5/c1-28(27(40)41)14-21(38)16-37(28)26(39)23-5-3-20(13-24(23)31)25-6-4-22(15-35-25)42-17-19-7-11-36(12-8-19)18-29(9-2-10-29)30(32,33)34/h3-6,13,15,19,21,38H,2,7-12,14,16-18H2,1H3,(H,40,41). The van der Waals surface area contributed by atoms with Crippen molar-refractivity contribution in [3.05, 3.63) is 47.9 Å². The molecule has 0 radical (unpaired) electrons. The van der Waals surface area contributed by atoms with Gasteiger partial charge in [-0.25, -0.2) is 9.18 Å². The van der Waals surface area contributed by atoms with Gasteiger partial charge in [0.05, 0.1) is 35.6 Å². The molecule has 2 aromatic rings. The van der Waals surface area contributed by atoms with Gasteiger partial charge in [-0.3, -0.25) is 9.78 Å². The van der Waals surface area contributed by atoms with Crippen LogP contribution in [0.3, 0.4) is 0 Å². The summed E-state index contributed by atoms with van der Waals surface area (Å²) >= 11 is 0. The molecule has 1 aliphatic carbocycles. The second-order valence-corrected chi connectivity index (χ2v) is 12.1. The highest BCUT2D eigenvalue weighted by molar-refractivity contribution is 5.98. The van der Waals surface area contributed by atoms with Gasteiger partial charge < -0.3 is 24.7 Å². The summed E-state index contributed by atoms with van der Waals surface area (Å²) in [5, 5.41) is 19.5. The number of aliphatic hydroxyl groups excluding tert-OH is 1. The molecule has 0 spiro atoms. The van der Waals surface area contributed by atoms with Crippen molar-refractivity contribution in [2.24, 2.45) is 11.3 Å². The summed E-state index contributed by atoms with van der Waals surface area (Å²) in [5.41, 5.74) is -2.62. The highest BCUT2D eigenvalue weighted by Crippen LogP contribution is 2.53. The number of carbonyl (C=O) groups excluding carboxylic acids is 1. The van der Waals surface area contributed by atoms with Crippen molar-refractivity contribution < 1.29 is 42.1 Å². The van der Waals surface area contributed by atoms with Gasteiger partial charge in [0, 0.05) is 25.1 Å². The highest BCUT2D eigenvalue weighted by Gasteiger charge is 2.58. The van der Waals surface area contributed by atoms with E-state index in [1.54, 1.807) is 12.1 Å². The Morgan fingerprint density at radius 2 is 1.86 bits per heavy atom. The zero-order chi connectivity index (χ0) is 30.3. The van der Waals surface area contributed by atoms with Crippen LogP contribution in [0, 0.1) is 17.2 Å². The second-order valence-electron chi connectivity index (χ2n) is 12.1. The Hall–Kier alpha value is -3.25. The van der Waals surface area contributed by atoms with Crippen LogP contribution in [0.5, 0.6) is 5.75 Å². The van der Waals surface area contributed by atoms with E-state index < -0.39 is 40.9 Å². The third-order valence-corrected chi connectivity index (χ3v) is 9.19. The first-order valence-corrected chi connectivity index (χ1v) is 14.2. The lowest BCUT2D eigenvalue weighted by Gasteiger charge is -2.47. The summed E-state index contributed by atoms with van der Waals surface area (Å²) in [6, 6.07) is 7.30. The van der Waals surface area contributed by atoms with E-state index in [0.29, 0.717) is 43.1 Å². The Labute approximate surface area is 241 Å². The van der Waals surface area contributed by atoms with Crippen LogP contribution in [0.25, 0.3) is 11.3 Å². The SMILES string of the molecule is CC1(C(=O)O)CC(O)CN1C(=O)c1ccc(-c2ccc(OCC3CCN(CC4(C(F)(F)F)CCC4)CC3)cn2)cc1F. The number of hydrogen-bond acceptors (Lipinski definition) is 6. The molecule has 1 aromatic heterocycles. The number of ether oxygens (including phenoxy) is 1. The van der Waals surface area contributed by atoms with E-state index >= 15 is 4.39 Å². The van der Waals surface area contributed by atoms with Crippen LogP contribution >= 0.6 is 0 Å². The van der Waals surface area contributed by atoms with Gasteiger partial charge in [0.25, 0.3) is 5.91 Å². The number of aliphatic carboxylic acids is 1. The van der Waals surface area contributed by atoms with Gasteiger partial charge in [-0.2, -0.15) is 13.2 Å². The number of nitrogens with zero attached hydrogens (tertiary/aromatic N) is 3. The third kappa shape index (κ3) is 5.83. The molecule has 1 aromatic carbocycles. The van der Waals surface area contributed by atoms with Gasteiger partial charge in [-0.05, 0) is 75.9 Å². The number of pyridine rings is 1. The molecule has 2 atom stereocenters. The Bertz CT molecular complexity index is 1310. The number of hydrogen-bond donors (Lipinski definition) is 2. The number of amides is 1. The lowest BCUT2D eigenvalue weighted by atomic mass is 9.67. The summed E-state index contributed by atoms with van der Waals surface area (Å²) in [5.74, 6) is -2.18. The maximum atomic E-state index is 15.0. The minimum atomic E-state index is -4.15. The molecule has 5 rings (SSSR count). The highest BCUT2D eigenvalue weighted by atomic mass is 19.4. The first-order chi connectivity index (χ1) is 19.8.